The van der Waals surface area contributed by atoms with Crippen molar-refractivity contribution >= 4 is 23.1 Å². The highest BCUT2D eigenvalue weighted by atomic mass is 16.1. The van der Waals surface area contributed by atoms with Crippen molar-refractivity contribution in [2.45, 2.75) is 38.0 Å². The molecule has 5 rings (SSSR count). The molecule has 0 unspecified atom stereocenters. The molecule has 156 valence electrons. The highest BCUT2D eigenvalue weighted by Crippen LogP contribution is 2.36. The van der Waals surface area contributed by atoms with Gasteiger partial charge < -0.3 is 11.1 Å². The number of nitrogens with two attached hydrogens (primary N) is 1. The number of benzene rings is 1. The number of pyridine rings is 1. The first-order valence-electron chi connectivity index (χ1n) is 10.7. The number of hydrogen-bond acceptors (Lipinski definition) is 5. The number of aromatic nitrogens is 4. The molecular weight excluding hydrogens is 388 g/mol. The summed E-state index contributed by atoms with van der Waals surface area (Å²) in [5, 5.41) is 2.80. The van der Waals surface area contributed by atoms with Gasteiger partial charge in [-0.25, -0.2) is 15.0 Å². The fourth-order valence-electron chi connectivity index (χ4n) is 4.34. The van der Waals surface area contributed by atoms with Crippen molar-refractivity contribution in [3.8, 4) is 11.3 Å². The van der Waals surface area contributed by atoms with Gasteiger partial charge in [0.2, 0.25) is 0 Å². The van der Waals surface area contributed by atoms with Crippen LogP contribution in [0, 0.1) is 0 Å². The van der Waals surface area contributed by atoms with Crippen molar-refractivity contribution in [1.29, 1.82) is 0 Å². The van der Waals surface area contributed by atoms with Crippen molar-refractivity contribution in [1.82, 2.24) is 19.4 Å². The maximum absolute atomic E-state index is 12.5. The lowest BCUT2D eigenvalue weighted by Crippen LogP contribution is -2.12. The summed E-state index contributed by atoms with van der Waals surface area (Å²) in [6.07, 6.45) is 11.4. The Morgan fingerprint density at radius 1 is 1.00 bits per heavy atom. The van der Waals surface area contributed by atoms with Crippen LogP contribution in [0.2, 0.25) is 0 Å². The van der Waals surface area contributed by atoms with Gasteiger partial charge in [0, 0.05) is 35.6 Å². The van der Waals surface area contributed by atoms with Gasteiger partial charge >= 0.3 is 0 Å². The molecule has 1 amide bonds. The molecule has 1 aromatic carbocycles. The van der Waals surface area contributed by atoms with Crippen molar-refractivity contribution in [2.24, 2.45) is 0 Å². The smallest absolute Gasteiger partial charge is 0.256 e. The van der Waals surface area contributed by atoms with E-state index in [1.807, 2.05) is 30.5 Å². The van der Waals surface area contributed by atoms with Gasteiger partial charge in [-0.3, -0.25) is 9.20 Å². The number of hydrogen-bond donors (Lipinski definition) is 2. The number of carbonyl (C=O) groups excluding carboxylic acids is 1. The standard InChI is InChI=1S/C24H24N6O/c25-22-21-20(29-23(30(21)15-14-27-22)17-6-2-1-3-7-17)16-9-11-18(12-10-16)24(31)28-19-8-4-5-13-26-19/h4-5,8-15,17H,1-3,6-7H2,(H2,25,27)(H,26,28,31). The van der Waals surface area contributed by atoms with E-state index in [1.165, 1.54) is 19.3 Å². The van der Waals surface area contributed by atoms with Gasteiger partial charge in [-0.15, -0.1) is 0 Å². The van der Waals surface area contributed by atoms with E-state index in [-0.39, 0.29) is 5.91 Å². The summed E-state index contributed by atoms with van der Waals surface area (Å²) in [6.45, 7) is 0. The SMILES string of the molecule is Nc1nccn2c(C3CCCCC3)nc(-c3ccc(C(=O)Nc4ccccn4)cc3)c12. The lowest BCUT2D eigenvalue weighted by atomic mass is 9.89. The van der Waals surface area contributed by atoms with Crippen molar-refractivity contribution in [3.05, 3.63) is 72.4 Å². The summed E-state index contributed by atoms with van der Waals surface area (Å²) in [4.78, 5) is 26.0. The molecule has 0 spiro atoms. The number of carbonyl (C=O) groups is 1. The number of nitrogens with zero attached hydrogens (tertiary/aromatic N) is 4. The van der Waals surface area contributed by atoms with E-state index in [9.17, 15) is 4.79 Å². The van der Waals surface area contributed by atoms with Crippen LogP contribution in [0.15, 0.2) is 61.1 Å². The molecule has 1 aliphatic carbocycles. The molecule has 1 fully saturated rings. The molecule has 0 bridgehead atoms. The molecule has 3 aromatic heterocycles. The molecule has 3 N–H and O–H groups in total. The van der Waals surface area contributed by atoms with Crippen LogP contribution in [-0.2, 0) is 0 Å². The van der Waals surface area contributed by atoms with Crippen LogP contribution >= 0.6 is 0 Å². The molecule has 31 heavy (non-hydrogen) atoms. The Balaban J connectivity index is 1.48. The predicted molar refractivity (Wildman–Crippen MR) is 121 cm³/mol. The van der Waals surface area contributed by atoms with Crippen LogP contribution in [0.5, 0.6) is 0 Å². The molecule has 7 nitrogen and oxygen atoms in total. The fraction of sp³-hybridized carbons (Fsp3) is 0.250. The van der Waals surface area contributed by atoms with E-state index in [0.29, 0.717) is 23.1 Å². The lowest BCUT2D eigenvalue weighted by Gasteiger charge is -2.20. The van der Waals surface area contributed by atoms with Gasteiger partial charge in [0.05, 0.1) is 0 Å². The Kier molecular flexibility index (Phi) is 5.08. The summed E-state index contributed by atoms with van der Waals surface area (Å²) in [5.74, 6) is 2.26. The van der Waals surface area contributed by atoms with E-state index >= 15 is 0 Å². The summed E-state index contributed by atoms with van der Waals surface area (Å²) in [6, 6.07) is 12.8. The maximum Gasteiger partial charge on any atom is 0.256 e. The van der Waals surface area contributed by atoms with Gasteiger partial charge in [0.1, 0.15) is 28.7 Å². The average molecular weight is 412 g/mol. The molecule has 1 aliphatic rings. The number of fused-ring (bicyclic) bond motifs is 1. The monoisotopic (exact) mass is 412 g/mol. The van der Waals surface area contributed by atoms with Gasteiger partial charge in [-0.2, -0.15) is 0 Å². The first-order valence-corrected chi connectivity index (χ1v) is 10.7. The number of anilines is 2. The van der Waals surface area contributed by atoms with E-state index in [2.05, 4.69) is 19.7 Å². The third-order valence-corrected chi connectivity index (χ3v) is 5.91. The summed E-state index contributed by atoms with van der Waals surface area (Å²) >= 11 is 0. The van der Waals surface area contributed by atoms with Crippen LogP contribution in [0.25, 0.3) is 16.8 Å². The van der Waals surface area contributed by atoms with Gasteiger partial charge in [-0.05, 0) is 37.1 Å². The summed E-state index contributed by atoms with van der Waals surface area (Å²) in [5.41, 5.74) is 9.36. The Hall–Kier alpha value is -3.74. The fourth-order valence-corrected chi connectivity index (χ4v) is 4.34. The van der Waals surface area contributed by atoms with Gasteiger partial charge in [-0.1, -0.05) is 37.5 Å². The van der Waals surface area contributed by atoms with Crippen LogP contribution in [0.1, 0.15) is 54.2 Å². The Morgan fingerprint density at radius 2 is 1.81 bits per heavy atom. The molecule has 1 saturated carbocycles. The Bertz CT molecular complexity index is 1210. The van der Waals surface area contributed by atoms with Gasteiger partial charge in [0.25, 0.3) is 5.91 Å². The Morgan fingerprint density at radius 3 is 2.55 bits per heavy atom. The number of imidazole rings is 1. The summed E-state index contributed by atoms with van der Waals surface area (Å²) in [7, 11) is 0. The second-order valence-corrected chi connectivity index (χ2v) is 7.93. The summed E-state index contributed by atoms with van der Waals surface area (Å²) < 4.78 is 2.09. The van der Waals surface area contributed by atoms with Crippen LogP contribution in [0.4, 0.5) is 11.6 Å². The number of rotatable bonds is 4. The average Bonchev–Trinajstić information content (AvgIpc) is 3.21. The highest BCUT2D eigenvalue weighted by Gasteiger charge is 2.24. The minimum atomic E-state index is -0.205. The molecule has 4 aromatic rings. The van der Waals surface area contributed by atoms with E-state index < -0.39 is 0 Å². The molecule has 3 heterocycles. The minimum absolute atomic E-state index is 0.205. The lowest BCUT2D eigenvalue weighted by molar-refractivity contribution is 0.102. The zero-order chi connectivity index (χ0) is 21.2. The molecular formula is C24H24N6O. The van der Waals surface area contributed by atoms with Crippen molar-refractivity contribution in [3.63, 3.8) is 0 Å². The van der Waals surface area contributed by atoms with E-state index in [4.69, 9.17) is 10.7 Å². The zero-order valence-electron chi connectivity index (χ0n) is 17.2. The normalized spacial score (nSPS) is 14.6. The van der Waals surface area contributed by atoms with E-state index in [1.54, 1.807) is 30.6 Å². The molecule has 0 saturated heterocycles. The minimum Gasteiger partial charge on any atom is -0.382 e. The molecule has 0 aliphatic heterocycles. The first kappa shape index (κ1) is 19.2. The first-order chi connectivity index (χ1) is 15.2. The van der Waals surface area contributed by atoms with Crippen LogP contribution in [-0.4, -0.2) is 25.3 Å². The van der Waals surface area contributed by atoms with Crippen LogP contribution < -0.4 is 11.1 Å². The van der Waals surface area contributed by atoms with Crippen molar-refractivity contribution in [2.75, 3.05) is 11.1 Å². The second kappa shape index (κ2) is 8.18. The van der Waals surface area contributed by atoms with Gasteiger partial charge in [0.15, 0.2) is 0 Å². The maximum atomic E-state index is 12.5. The highest BCUT2D eigenvalue weighted by molar-refractivity contribution is 6.04. The molecule has 0 radical (unpaired) electrons. The predicted octanol–water partition coefficient (Wildman–Crippen LogP) is 4.67. The zero-order valence-corrected chi connectivity index (χ0v) is 17.2. The quantitative estimate of drug-likeness (QED) is 0.507. The third kappa shape index (κ3) is 3.74. The van der Waals surface area contributed by atoms with E-state index in [0.717, 1.165) is 35.4 Å². The topological polar surface area (TPSA) is 98.2 Å². The van der Waals surface area contributed by atoms with Crippen molar-refractivity contribution < 1.29 is 4.79 Å². The number of amides is 1. The largest absolute Gasteiger partial charge is 0.382 e. The second-order valence-electron chi connectivity index (χ2n) is 7.93. The molecule has 7 heteroatoms. The number of nitrogens with one attached hydrogen (secondary N) is 1. The Labute approximate surface area is 180 Å². The number of nitrogen functional groups attached to an aromatic ring is 1. The van der Waals surface area contributed by atoms with Crippen LogP contribution in [0.3, 0.4) is 0 Å². The third-order valence-electron chi connectivity index (χ3n) is 5.91. The molecule has 0 atom stereocenters.